The van der Waals surface area contributed by atoms with E-state index in [1.807, 2.05) is 6.07 Å². The standard InChI is InChI=1S/C13H9BrFNO/c14-12(11-3-1-2-8-16-11)13(17)9-4-6-10(15)7-5-9/h1-8,12H. The fraction of sp³-hybridized carbons (Fsp3) is 0.0769. The average Bonchev–Trinajstić information content (AvgIpc) is 2.39. The highest BCUT2D eigenvalue weighted by molar-refractivity contribution is 9.09. The van der Waals surface area contributed by atoms with Crippen LogP contribution in [-0.2, 0) is 0 Å². The number of ketones is 1. The van der Waals surface area contributed by atoms with Gasteiger partial charge in [-0.15, -0.1) is 0 Å². The monoisotopic (exact) mass is 293 g/mol. The average molecular weight is 294 g/mol. The molecule has 17 heavy (non-hydrogen) atoms. The van der Waals surface area contributed by atoms with Crippen LogP contribution in [0.4, 0.5) is 4.39 Å². The topological polar surface area (TPSA) is 30.0 Å². The van der Waals surface area contributed by atoms with E-state index < -0.39 is 4.83 Å². The third kappa shape index (κ3) is 2.77. The Labute approximate surface area is 107 Å². The molecule has 1 atom stereocenters. The lowest BCUT2D eigenvalue weighted by atomic mass is 10.1. The number of pyridine rings is 1. The van der Waals surface area contributed by atoms with Gasteiger partial charge in [0.1, 0.15) is 10.6 Å². The summed E-state index contributed by atoms with van der Waals surface area (Å²) in [5.74, 6) is -0.491. The second kappa shape index (κ2) is 5.19. The van der Waals surface area contributed by atoms with Crippen molar-refractivity contribution in [1.29, 1.82) is 0 Å². The first kappa shape index (κ1) is 11.9. The predicted octanol–water partition coefficient (Wildman–Crippen LogP) is 3.54. The quantitative estimate of drug-likeness (QED) is 0.640. The highest BCUT2D eigenvalue weighted by Crippen LogP contribution is 2.25. The van der Waals surface area contributed by atoms with E-state index in [1.54, 1.807) is 18.3 Å². The molecule has 0 radical (unpaired) electrons. The number of benzene rings is 1. The zero-order valence-corrected chi connectivity index (χ0v) is 10.4. The molecule has 0 bridgehead atoms. The Balaban J connectivity index is 2.23. The number of rotatable bonds is 3. The van der Waals surface area contributed by atoms with E-state index in [9.17, 15) is 9.18 Å². The van der Waals surface area contributed by atoms with Crippen LogP contribution < -0.4 is 0 Å². The van der Waals surface area contributed by atoms with Crippen LogP contribution in [0.1, 0.15) is 20.9 Å². The van der Waals surface area contributed by atoms with Crippen molar-refractivity contribution >= 4 is 21.7 Å². The van der Waals surface area contributed by atoms with Crippen molar-refractivity contribution in [3.8, 4) is 0 Å². The van der Waals surface area contributed by atoms with Gasteiger partial charge < -0.3 is 0 Å². The number of Topliss-reactive ketones (excluding diaryl/α,β-unsaturated/α-hetero) is 1. The molecule has 1 heterocycles. The van der Waals surface area contributed by atoms with Gasteiger partial charge in [0.2, 0.25) is 0 Å². The number of carbonyl (C=O) groups excluding carboxylic acids is 1. The van der Waals surface area contributed by atoms with E-state index in [-0.39, 0.29) is 11.6 Å². The Hall–Kier alpha value is -1.55. The zero-order valence-electron chi connectivity index (χ0n) is 8.81. The summed E-state index contributed by atoms with van der Waals surface area (Å²) in [7, 11) is 0. The van der Waals surface area contributed by atoms with Crippen molar-refractivity contribution in [1.82, 2.24) is 4.98 Å². The van der Waals surface area contributed by atoms with Crippen LogP contribution >= 0.6 is 15.9 Å². The Bertz CT molecular complexity index is 513. The van der Waals surface area contributed by atoms with Crippen LogP contribution in [0.2, 0.25) is 0 Å². The maximum atomic E-state index is 12.7. The van der Waals surface area contributed by atoms with Gasteiger partial charge in [-0.2, -0.15) is 0 Å². The summed E-state index contributed by atoms with van der Waals surface area (Å²) in [6.07, 6.45) is 1.63. The first-order valence-corrected chi connectivity index (χ1v) is 5.95. The van der Waals surface area contributed by atoms with Crippen molar-refractivity contribution in [2.24, 2.45) is 0 Å². The van der Waals surface area contributed by atoms with Crippen molar-refractivity contribution in [2.45, 2.75) is 4.83 Å². The smallest absolute Gasteiger partial charge is 0.182 e. The number of nitrogens with zero attached hydrogens (tertiary/aromatic N) is 1. The molecule has 0 spiro atoms. The van der Waals surface area contributed by atoms with E-state index in [0.29, 0.717) is 11.3 Å². The molecule has 2 rings (SSSR count). The summed E-state index contributed by atoms with van der Waals surface area (Å²) in [5, 5.41) is 0. The molecule has 0 amide bonds. The zero-order chi connectivity index (χ0) is 12.3. The molecule has 0 fully saturated rings. The van der Waals surface area contributed by atoms with Gasteiger partial charge in [-0.3, -0.25) is 9.78 Å². The van der Waals surface area contributed by atoms with Crippen molar-refractivity contribution in [3.05, 3.63) is 65.7 Å². The molecule has 86 valence electrons. The molecule has 0 aliphatic rings. The van der Waals surface area contributed by atoms with E-state index in [1.165, 1.54) is 24.3 Å². The number of hydrogen-bond donors (Lipinski definition) is 0. The third-order valence-electron chi connectivity index (χ3n) is 2.31. The lowest BCUT2D eigenvalue weighted by Crippen LogP contribution is -2.08. The minimum absolute atomic E-state index is 0.135. The van der Waals surface area contributed by atoms with Gasteiger partial charge in [-0.1, -0.05) is 22.0 Å². The Morgan fingerprint density at radius 3 is 2.47 bits per heavy atom. The summed E-state index contributed by atoms with van der Waals surface area (Å²) in [4.78, 5) is 15.6. The van der Waals surface area contributed by atoms with E-state index in [2.05, 4.69) is 20.9 Å². The third-order valence-corrected chi connectivity index (χ3v) is 3.19. The maximum Gasteiger partial charge on any atom is 0.182 e. The predicted molar refractivity (Wildman–Crippen MR) is 66.6 cm³/mol. The largest absolute Gasteiger partial charge is 0.292 e. The van der Waals surface area contributed by atoms with Crippen LogP contribution in [0.3, 0.4) is 0 Å². The fourth-order valence-corrected chi connectivity index (χ4v) is 1.96. The molecule has 0 saturated heterocycles. The lowest BCUT2D eigenvalue weighted by Gasteiger charge is -2.07. The van der Waals surface area contributed by atoms with Crippen LogP contribution in [-0.4, -0.2) is 10.8 Å². The SMILES string of the molecule is O=C(c1ccc(F)cc1)C(Br)c1ccccn1. The fourth-order valence-electron chi connectivity index (χ4n) is 1.42. The maximum absolute atomic E-state index is 12.7. The van der Waals surface area contributed by atoms with Gasteiger partial charge >= 0.3 is 0 Å². The Kier molecular flexibility index (Phi) is 3.64. The van der Waals surface area contributed by atoms with Crippen LogP contribution in [0.5, 0.6) is 0 Å². The van der Waals surface area contributed by atoms with Gasteiger partial charge in [0, 0.05) is 11.8 Å². The molecule has 2 nitrogen and oxygen atoms in total. The summed E-state index contributed by atoms with van der Waals surface area (Å²) in [6.45, 7) is 0. The van der Waals surface area contributed by atoms with Crippen LogP contribution in [0, 0.1) is 5.82 Å². The molecule has 0 N–H and O–H groups in total. The highest BCUT2D eigenvalue weighted by atomic mass is 79.9. The molecule has 1 unspecified atom stereocenters. The molecule has 2 aromatic rings. The molecular weight excluding hydrogens is 285 g/mol. The number of hydrogen-bond acceptors (Lipinski definition) is 2. The van der Waals surface area contributed by atoms with Crippen molar-refractivity contribution in [3.63, 3.8) is 0 Å². The minimum atomic E-state index is -0.505. The van der Waals surface area contributed by atoms with Gasteiger partial charge in [0.15, 0.2) is 5.78 Å². The second-order valence-corrected chi connectivity index (χ2v) is 4.40. The van der Waals surface area contributed by atoms with Gasteiger partial charge in [-0.05, 0) is 36.4 Å². The molecule has 0 aliphatic heterocycles. The normalized spacial score (nSPS) is 12.1. The molecule has 1 aromatic carbocycles. The molecule has 0 saturated carbocycles. The molecule has 1 aromatic heterocycles. The van der Waals surface area contributed by atoms with E-state index in [0.717, 1.165) is 0 Å². The molecular formula is C13H9BrFNO. The van der Waals surface area contributed by atoms with Crippen molar-refractivity contribution < 1.29 is 9.18 Å². The van der Waals surface area contributed by atoms with Gasteiger partial charge in [-0.25, -0.2) is 4.39 Å². The summed E-state index contributed by atoms with van der Waals surface area (Å²) in [5.41, 5.74) is 1.10. The number of aromatic nitrogens is 1. The second-order valence-electron chi connectivity index (χ2n) is 3.49. The molecule has 0 aliphatic carbocycles. The van der Waals surface area contributed by atoms with Crippen LogP contribution in [0.15, 0.2) is 48.7 Å². The lowest BCUT2D eigenvalue weighted by molar-refractivity contribution is 0.0990. The van der Waals surface area contributed by atoms with Gasteiger partial charge in [0.25, 0.3) is 0 Å². The van der Waals surface area contributed by atoms with E-state index in [4.69, 9.17) is 0 Å². The highest BCUT2D eigenvalue weighted by Gasteiger charge is 2.19. The number of alkyl halides is 1. The first-order chi connectivity index (χ1) is 8.18. The minimum Gasteiger partial charge on any atom is -0.292 e. The number of halogens is 2. The van der Waals surface area contributed by atoms with Crippen molar-refractivity contribution in [2.75, 3.05) is 0 Å². The van der Waals surface area contributed by atoms with Gasteiger partial charge in [0.05, 0.1) is 5.69 Å². The first-order valence-electron chi connectivity index (χ1n) is 5.03. The summed E-state index contributed by atoms with van der Waals surface area (Å²) >= 11 is 3.30. The summed E-state index contributed by atoms with van der Waals surface area (Å²) in [6, 6.07) is 10.8. The Morgan fingerprint density at radius 1 is 1.18 bits per heavy atom. The summed E-state index contributed by atoms with van der Waals surface area (Å²) < 4.78 is 12.7. The Morgan fingerprint density at radius 2 is 1.88 bits per heavy atom. The van der Waals surface area contributed by atoms with Crippen LogP contribution in [0.25, 0.3) is 0 Å². The van der Waals surface area contributed by atoms with E-state index >= 15 is 0 Å². The number of carbonyl (C=O) groups is 1. The molecule has 4 heteroatoms.